The van der Waals surface area contributed by atoms with Gasteiger partial charge >= 0.3 is 0 Å². The van der Waals surface area contributed by atoms with Crippen molar-refractivity contribution >= 4 is 21.6 Å². The number of phenolic OH excluding ortho intramolecular Hbond substituents is 1. The Morgan fingerprint density at radius 1 is 1.15 bits per heavy atom. The average Bonchev–Trinajstić information content (AvgIpc) is 2.66. The smallest absolute Gasteiger partial charge is 0.275 e. The van der Waals surface area contributed by atoms with Crippen LogP contribution in [0.15, 0.2) is 58.5 Å². The van der Waals surface area contributed by atoms with Crippen molar-refractivity contribution in [3.05, 3.63) is 59.7 Å². The SMILES string of the molecule is CCC/C(C)=N\NC(=O)c1cc(S(=O)(=O)NCc2ccccc2)ccc1O. The van der Waals surface area contributed by atoms with E-state index in [1.54, 1.807) is 19.1 Å². The normalized spacial score (nSPS) is 12.0. The maximum absolute atomic E-state index is 12.5. The summed E-state index contributed by atoms with van der Waals surface area (Å²) in [6.45, 7) is 3.88. The van der Waals surface area contributed by atoms with Gasteiger partial charge in [0.2, 0.25) is 10.0 Å². The van der Waals surface area contributed by atoms with Gasteiger partial charge in [0.25, 0.3) is 5.91 Å². The molecule has 27 heavy (non-hydrogen) atoms. The van der Waals surface area contributed by atoms with Gasteiger partial charge in [0, 0.05) is 12.3 Å². The lowest BCUT2D eigenvalue weighted by Crippen LogP contribution is -2.24. The van der Waals surface area contributed by atoms with Crippen LogP contribution in [0.25, 0.3) is 0 Å². The number of sulfonamides is 1. The maximum atomic E-state index is 12.5. The Hall–Kier alpha value is -2.71. The van der Waals surface area contributed by atoms with Crippen LogP contribution in [0.5, 0.6) is 5.75 Å². The van der Waals surface area contributed by atoms with Crippen LogP contribution in [-0.2, 0) is 16.6 Å². The molecule has 8 heteroatoms. The highest BCUT2D eigenvalue weighted by Gasteiger charge is 2.19. The topological polar surface area (TPSA) is 108 Å². The lowest BCUT2D eigenvalue weighted by molar-refractivity contribution is 0.0952. The predicted molar refractivity (Wildman–Crippen MR) is 104 cm³/mol. The van der Waals surface area contributed by atoms with Crippen LogP contribution >= 0.6 is 0 Å². The third-order valence-corrected chi connectivity index (χ3v) is 5.19. The van der Waals surface area contributed by atoms with Gasteiger partial charge in [-0.2, -0.15) is 5.10 Å². The molecular formula is C19H23N3O4S. The van der Waals surface area contributed by atoms with Gasteiger partial charge in [-0.15, -0.1) is 0 Å². The van der Waals surface area contributed by atoms with E-state index in [4.69, 9.17) is 0 Å². The molecule has 0 aliphatic carbocycles. The first-order valence-corrected chi connectivity index (χ1v) is 10.0. The standard InChI is InChI=1S/C19H23N3O4S/c1-3-7-14(2)21-22-19(24)17-12-16(10-11-18(17)23)27(25,26)20-13-15-8-5-4-6-9-15/h4-6,8-12,20,23H,3,7,13H2,1-2H3,(H,22,24)/b21-14-. The van der Waals surface area contributed by atoms with Crippen LogP contribution in [0.2, 0.25) is 0 Å². The largest absolute Gasteiger partial charge is 0.507 e. The summed E-state index contributed by atoms with van der Waals surface area (Å²) in [5.74, 6) is -0.999. The molecular weight excluding hydrogens is 366 g/mol. The van der Waals surface area contributed by atoms with Gasteiger partial charge in [0.1, 0.15) is 5.75 Å². The molecule has 1 amide bonds. The first-order valence-electron chi connectivity index (χ1n) is 8.53. The first-order chi connectivity index (χ1) is 12.8. The Balaban J connectivity index is 2.17. The second kappa shape index (κ2) is 9.29. The van der Waals surface area contributed by atoms with Crippen molar-refractivity contribution in [3.8, 4) is 5.75 Å². The number of benzene rings is 2. The predicted octanol–water partition coefficient (Wildman–Crippen LogP) is 2.78. The highest BCUT2D eigenvalue weighted by atomic mass is 32.2. The van der Waals surface area contributed by atoms with Crippen molar-refractivity contribution in [3.63, 3.8) is 0 Å². The summed E-state index contributed by atoms with van der Waals surface area (Å²) in [7, 11) is -3.85. The molecule has 0 radical (unpaired) electrons. The molecule has 0 atom stereocenters. The zero-order valence-corrected chi connectivity index (χ0v) is 16.1. The maximum Gasteiger partial charge on any atom is 0.275 e. The number of nitrogens with zero attached hydrogens (tertiary/aromatic N) is 1. The average molecular weight is 389 g/mol. The van der Waals surface area contributed by atoms with Gasteiger partial charge in [0.15, 0.2) is 0 Å². The van der Waals surface area contributed by atoms with Gasteiger partial charge in [-0.25, -0.2) is 18.6 Å². The molecule has 2 aromatic rings. The Bertz CT molecular complexity index is 925. The van der Waals surface area contributed by atoms with E-state index >= 15 is 0 Å². The number of amides is 1. The third kappa shape index (κ3) is 5.90. The molecule has 0 spiro atoms. The fraction of sp³-hybridized carbons (Fsp3) is 0.263. The third-order valence-electron chi connectivity index (χ3n) is 3.79. The first kappa shape index (κ1) is 20.6. The zero-order valence-electron chi connectivity index (χ0n) is 15.3. The van der Waals surface area contributed by atoms with Crippen LogP contribution < -0.4 is 10.1 Å². The summed E-state index contributed by atoms with van der Waals surface area (Å²) >= 11 is 0. The van der Waals surface area contributed by atoms with E-state index < -0.39 is 15.9 Å². The summed E-state index contributed by atoms with van der Waals surface area (Å²) in [6.07, 6.45) is 1.61. The molecule has 0 aliphatic heterocycles. The molecule has 0 saturated heterocycles. The molecule has 2 aromatic carbocycles. The van der Waals surface area contributed by atoms with E-state index in [-0.39, 0.29) is 22.8 Å². The zero-order chi connectivity index (χ0) is 19.9. The molecule has 2 rings (SSSR count). The minimum Gasteiger partial charge on any atom is -0.507 e. The fourth-order valence-corrected chi connectivity index (χ4v) is 3.39. The monoisotopic (exact) mass is 389 g/mol. The highest BCUT2D eigenvalue weighted by molar-refractivity contribution is 7.89. The quantitative estimate of drug-likeness (QED) is 0.476. The van der Waals surface area contributed by atoms with Gasteiger partial charge in [-0.3, -0.25) is 4.79 Å². The molecule has 0 heterocycles. The number of hydrogen-bond donors (Lipinski definition) is 3. The van der Waals surface area contributed by atoms with E-state index in [1.807, 2.05) is 25.1 Å². The van der Waals surface area contributed by atoms with Crippen LogP contribution in [0, 0.1) is 0 Å². The molecule has 0 aromatic heterocycles. The Morgan fingerprint density at radius 2 is 1.85 bits per heavy atom. The molecule has 144 valence electrons. The van der Waals surface area contributed by atoms with Crippen molar-refractivity contribution < 1.29 is 18.3 Å². The van der Waals surface area contributed by atoms with Gasteiger partial charge in [-0.1, -0.05) is 43.7 Å². The number of phenols is 1. The van der Waals surface area contributed by atoms with Crippen molar-refractivity contribution in [2.75, 3.05) is 0 Å². The fourth-order valence-electron chi connectivity index (χ4n) is 2.35. The summed E-state index contributed by atoms with van der Waals surface area (Å²) in [5, 5.41) is 13.9. The summed E-state index contributed by atoms with van der Waals surface area (Å²) in [5.41, 5.74) is 3.71. The Labute approximate surface area is 159 Å². The lowest BCUT2D eigenvalue weighted by atomic mass is 10.2. The number of rotatable bonds is 8. The van der Waals surface area contributed by atoms with Crippen molar-refractivity contribution in [1.29, 1.82) is 0 Å². The minimum absolute atomic E-state index is 0.115. The Kier molecular flexibility index (Phi) is 7.09. The molecule has 0 bridgehead atoms. The number of nitrogens with one attached hydrogen (secondary N) is 2. The van der Waals surface area contributed by atoms with Crippen LogP contribution in [-0.4, -0.2) is 25.1 Å². The lowest BCUT2D eigenvalue weighted by Gasteiger charge is -2.10. The van der Waals surface area contributed by atoms with Gasteiger partial charge < -0.3 is 5.11 Å². The van der Waals surface area contributed by atoms with Crippen molar-refractivity contribution in [2.24, 2.45) is 5.10 Å². The second-order valence-electron chi connectivity index (χ2n) is 6.03. The summed E-state index contributed by atoms with van der Waals surface area (Å²) < 4.78 is 27.5. The van der Waals surface area contributed by atoms with Gasteiger partial charge in [-0.05, 0) is 37.1 Å². The van der Waals surface area contributed by atoms with Crippen molar-refractivity contribution in [1.82, 2.24) is 10.1 Å². The number of carbonyl (C=O) groups excluding carboxylic acids is 1. The number of carbonyl (C=O) groups is 1. The second-order valence-corrected chi connectivity index (χ2v) is 7.79. The van der Waals surface area contributed by atoms with Crippen molar-refractivity contribution in [2.45, 2.75) is 38.1 Å². The molecule has 0 fully saturated rings. The number of hydrazone groups is 1. The number of hydrogen-bond acceptors (Lipinski definition) is 5. The number of aromatic hydroxyl groups is 1. The van der Waals surface area contributed by atoms with Crippen LogP contribution in [0.3, 0.4) is 0 Å². The van der Waals surface area contributed by atoms with E-state index in [0.717, 1.165) is 30.2 Å². The highest BCUT2D eigenvalue weighted by Crippen LogP contribution is 2.21. The van der Waals surface area contributed by atoms with Crippen LogP contribution in [0.4, 0.5) is 0 Å². The van der Waals surface area contributed by atoms with E-state index in [1.165, 1.54) is 12.1 Å². The molecule has 0 aliphatic rings. The molecule has 0 saturated carbocycles. The van der Waals surface area contributed by atoms with E-state index in [0.29, 0.717) is 0 Å². The summed E-state index contributed by atoms with van der Waals surface area (Å²) in [4.78, 5) is 12.1. The molecule has 7 nitrogen and oxygen atoms in total. The Morgan fingerprint density at radius 3 is 2.52 bits per heavy atom. The van der Waals surface area contributed by atoms with E-state index in [2.05, 4.69) is 15.2 Å². The van der Waals surface area contributed by atoms with Crippen LogP contribution in [0.1, 0.15) is 42.6 Å². The molecule has 0 unspecified atom stereocenters. The van der Waals surface area contributed by atoms with Gasteiger partial charge in [0.05, 0.1) is 10.5 Å². The molecule has 3 N–H and O–H groups in total. The summed E-state index contributed by atoms with van der Waals surface area (Å²) in [6, 6.07) is 12.6. The minimum atomic E-state index is -3.85. The van der Waals surface area contributed by atoms with E-state index in [9.17, 15) is 18.3 Å².